The van der Waals surface area contributed by atoms with E-state index in [2.05, 4.69) is 5.32 Å². The minimum Gasteiger partial charge on any atom is -0.497 e. The fraction of sp³-hybridized carbons (Fsp3) is 0.600. The summed E-state index contributed by atoms with van der Waals surface area (Å²) in [5.74, 6) is 0.00527. The topological polar surface area (TPSA) is 30.5 Å². The van der Waals surface area contributed by atoms with Crippen LogP contribution in [0.5, 0.6) is 11.5 Å². The summed E-state index contributed by atoms with van der Waals surface area (Å²) in [5, 5.41) is 3.17. The van der Waals surface area contributed by atoms with Crippen LogP contribution in [-0.2, 0) is 0 Å². The van der Waals surface area contributed by atoms with Crippen LogP contribution >= 0.6 is 0 Å². The van der Waals surface area contributed by atoms with Gasteiger partial charge in [0.2, 0.25) is 0 Å². The lowest BCUT2D eigenvalue weighted by Crippen LogP contribution is -2.34. The van der Waals surface area contributed by atoms with E-state index in [1.807, 2.05) is 0 Å². The molecule has 2 rings (SSSR count). The lowest BCUT2D eigenvalue weighted by atomic mass is 9.85. The summed E-state index contributed by atoms with van der Waals surface area (Å²) in [5.41, 5.74) is 0.700. The van der Waals surface area contributed by atoms with Gasteiger partial charge in [0.1, 0.15) is 11.5 Å². The van der Waals surface area contributed by atoms with E-state index >= 15 is 0 Å². The monoisotopic (exact) mass is 303 g/mol. The highest BCUT2D eigenvalue weighted by atomic mass is 19.4. The quantitative estimate of drug-likeness (QED) is 0.902. The van der Waals surface area contributed by atoms with Crippen LogP contribution in [0.2, 0.25) is 0 Å². The molecule has 1 fully saturated rings. The molecule has 0 saturated heterocycles. The van der Waals surface area contributed by atoms with Crippen molar-refractivity contribution in [3.63, 3.8) is 0 Å². The lowest BCUT2D eigenvalue weighted by molar-refractivity contribution is -0.182. The van der Waals surface area contributed by atoms with Crippen LogP contribution in [0.4, 0.5) is 18.9 Å². The molecule has 1 aromatic carbocycles. The maximum Gasteiger partial charge on any atom is 0.391 e. The molecule has 0 bridgehead atoms. The Balaban J connectivity index is 2.07. The Morgan fingerprint density at radius 1 is 1.14 bits per heavy atom. The van der Waals surface area contributed by atoms with Crippen molar-refractivity contribution in [3.05, 3.63) is 18.2 Å². The zero-order chi connectivity index (χ0) is 15.5. The fourth-order valence-electron chi connectivity index (χ4n) is 2.76. The number of anilines is 1. The highest BCUT2D eigenvalue weighted by Crippen LogP contribution is 2.39. The first-order valence-electron chi connectivity index (χ1n) is 6.99. The molecule has 0 spiro atoms. The molecule has 1 aliphatic carbocycles. The molecule has 0 aliphatic heterocycles. The summed E-state index contributed by atoms with van der Waals surface area (Å²) in [7, 11) is 3.08. The number of ether oxygens (including phenoxy) is 2. The number of rotatable bonds is 4. The summed E-state index contributed by atoms with van der Waals surface area (Å²) < 4.78 is 48.9. The second-order valence-electron chi connectivity index (χ2n) is 5.31. The van der Waals surface area contributed by atoms with Gasteiger partial charge in [-0.3, -0.25) is 0 Å². The Labute approximate surface area is 122 Å². The van der Waals surface area contributed by atoms with Crippen molar-refractivity contribution >= 4 is 5.69 Å². The van der Waals surface area contributed by atoms with Gasteiger partial charge in [-0.1, -0.05) is 6.42 Å². The van der Waals surface area contributed by atoms with E-state index in [9.17, 15) is 13.2 Å². The summed E-state index contributed by atoms with van der Waals surface area (Å²) in [6, 6.07) is 5.06. The van der Waals surface area contributed by atoms with E-state index in [0.717, 1.165) is 6.42 Å². The first-order valence-corrected chi connectivity index (χ1v) is 6.99. The van der Waals surface area contributed by atoms with Crippen LogP contribution in [0.3, 0.4) is 0 Å². The van der Waals surface area contributed by atoms with Crippen molar-refractivity contribution in [3.8, 4) is 11.5 Å². The van der Waals surface area contributed by atoms with E-state index in [4.69, 9.17) is 9.47 Å². The minimum absolute atomic E-state index is 0.110. The van der Waals surface area contributed by atoms with E-state index < -0.39 is 12.1 Å². The summed E-state index contributed by atoms with van der Waals surface area (Å²) >= 11 is 0. The zero-order valence-electron chi connectivity index (χ0n) is 12.2. The third-order valence-electron chi connectivity index (χ3n) is 3.91. The molecular weight excluding hydrogens is 283 g/mol. The lowest BCUT2D eigenvalue weighted by Gasteiger charge is -2.32. The van der Waals surface area contributed by atoms with Gasteiger partial charge in [-0.15, -0.1) is 0 Å². The Bertz CT molecular complexity index is 476. The molecule has 1 aliphatic rings. The van der Waals surface area contributed by atoms with Gasteiger partial charge < -0.3 is 14.8 Å². The average molecular weight is 303 g/mol. The molecule has 2 atom stereocenters. The van der Waals surface area contributed by atoms with Crippen LogP contribution in [0.25, 0.3) is 0 Å². The summed E-state index contributed by atoms with van der Waals surface area (Å²) in [6.07, 6.45) is -2.45. The smallest absolute Gasteiger partial charge is 0.391 e. The van der Waals surface area contributed by atoms with Gasteiger partial charge in [-0.05, 0) is 31.4 Å². The molecule has 2 unspecified atom stereocenters. The minimum atomic E-state index is -4.11. The van der Waals surface area contributed by atoms with E-state index in [-0.39, 0.29) is 18.9 Å². The standard InChI is InChI=1S/C15H20F3NO2/c1-20-12-6-7-13(14(9-12)21-2)19-11-5-3-4-10(8-11)15(16,17)18/h6-7,9-11,19H,3-5,8H2,1-2H3. The first-order chi connectivity index (χ1) is 9.94. The predicted octanol–water partition coefficient (Wildman–Crippen LogP) is 4.24. The van der Waals surface area contributed by atoms with Crippen molar-refractivity contribution in [1.82, 2.24) is 0 Å². The maximum atomic E-state index is 12.8. The molecule has 6 heteroatoms. The Morgan fingerprint density at radius 3 is 2.52 bits per heavy atom. The van der Waals surface area contributed by atoms with Gasteiger partial charge in [0.05, 0.1) is 25.8 Å². The van der Waals surface area contributed by atoms with Crippen LogP contribution in [-0.4, -0.2) is 26.4 Å². The number of methoxy groups -OCH3 is 2. The Hall–Kier alpha value is -1.59. The predicted molar refractivity (Wildman–Crippen MR) is 75.0 cm³/mol. The van der Waals surface area contributed by atoms with Crippen molar-refractivity contribution in [2.75, 3.05) is 19.5 Å². The third-order valence-corrected chi connectivity index (χ3v) is 3.91. The number of nitrogens with one attached hydrogen (secondary N) is 1. The second kappa shape index (κ2) is 6.45. The largest absolute Gasteiger partial charge is 0.497 e. The molecule has 1 aromatic rings. The molecule has 118 valence electrons. The van der Waals surface area contributed by atoms with Gasteiger partial charge in [0.25, 0.3) is 0 Å². The van der Waals surface area contributed by atoms with Crippen LogP contribution in [0, 0.1) is 5.92 Å². The molecule has 1 N–H and O–H groups in total. The highest BCUT2D eigenvalue weighted by Gasteiger charge is 2.42. The summed E-state index contributed by atoms with van der Waals surface area (Å²) in [6.45, 7) is 0. The maximum absolute atomic E-state index is 12.8. The van der Waals surface area contributed by atoms with Crippen molar-refractivity contribution in [2.24, 2.45) is 5.92 Å². The first kappa shape index (κ1) is 15.8. The molecular formula is C15H20F3NO2. The highest BCUT2D eigenvalue weighted by molar-refractivity contribution is 5.59. The second-order valence-corrected chi connectivity index (χ2v) is 5.31. The summed E-state index contributed by atoms with van der Waals surface area (Å²) in [4.78, 5) is 0. The Morgan fingerprint density at radius 2 is 1.90 bits per heavy atom. The van der Waals surface area contributed by atoms with E-state index in [1.54, 1.807) is 25.3 Å². The number of hydrogen-bond donors (Lipinski definition) is 1. The molecule has 1 saturated carbocycles. The van der Waals surface area contributed by atoms with Crippen LogP contribution in [0.15, 0.2) is 18.2 Å². The molecule has 21 heavy (non-hydrogen) atoms. The van der Waals surface area contributed by atoms with Gasteiger partial charge in [-0.25, -0.2) is 0 Å². The number of hydrogen-bond acceptors (Lipinski definition) is 3. The number of halogens is 3. The number of benzene rings is 1. The SMILES string of the molecule is COc1ccc(NC2CCCC(C(F)(F)F)C2)c(OC)c1. The fourth-order valence-corrected chi connectivity index (χ4v) is 2.76. The molecule has 0 aromatic heterocycles. The van der Waals surface area contributed by atoms with Crippen molar-refractivity contribution in [2.45, 2.75) is 37.9 Å². The zero-order valence-corrected chi connectivity index (χ0v) is 12.2. The Kier molecular flexibility index (Phi) is 4.85. The molecule has 0 radical (unpaired) electrons. The average Bonchev–Trinajstić information content (AvgIpc) is 2.47. The van der Waals surface area contributed by atoms with Crippen molar-refractivity contribution in [1.29, 1.82) is 0 Å². The van der Waals surface area contributed by atoms with Crippen LogP contribution in [0.1, 0.15) is 25.7 Å². The van der Waals surface area contributed by atoms with Gasteiger partial charge in [0.15, 0.2) is 0 Å². The third kappa shape index (κ3) is 3.95. The van der Waals surface area contributed by atoms with E-state index in [1.165, 1.54) is 7.11 Å². The van der Waals surface area contributed by atoms with Crippen LogP contribution < -0.4 is 14.8 Å². The molecule has 3 nitrogen and oxygen atoms in total. The normalized spacial score (nSPS) is 22.7. The molecule has 0 heterocycles. The van der Waals surface area contributed by atoms with Gasteiger partial charge in [0, 0.05) is 12.1 Å². The van der Waals surface area contributed by atoms with Crippen molar-refractivity contribution < 1.29 is 22.6 Å². The van der Waals surface area contributed by atoms with E-state index in [0.29, 0.717) is 23.6 Å². The van der Waals surface area contributed by atoms with Gasteiger partial charge in [-0.2, -0.15) is 13.2 Å². The number of alkyl halides is 3. The molecule has 0 amide bonds. The van der Waals surface area contributed by atoms with Gasteiger partial charge >= 0.3 is 6.18 Å².